The number of ether oxygens (including phenoxy) is 1. The van der Waals surface area contributed by atoms with Gasteiger partial charge >= 0.3 is 0 Å². The highest BCUT2D eigenvalue weighted by Crippen LogP contribution is 2.33. The topological polar surface area (TPSA) is 55.4 Å². The summed E-state index contributed by atoms with van der Waals surface area (Å²) in [5, 5.41) is 2.29. The van der Waals surface area contributed by atoms with Gasteiger partial charge in [0.2, 0.25) is 11.8 Å². The molecule has 2 amide bonds. The second-order valence-electron chi connectivity index (χ2n) is 3.56. The first-order valence-corrected chi connectivity index (χ1v) is 5.58. The highest BCUT2D eigenvalue weighted by molar-refractivity contribution is 9.10. The monoisotopic (exact) mass is 283 g/mol. The largest absolute Gasteiger partial charge is 0.496 e. The molecule has 4 nitrogen and oxygen atoms in total. The molecule has 16 heavy (non-hydrogen) atoms. The number of carbonyl (C=O) groups is 2. The number of carbonyl (C=O) groups excluding carboxylic acids is 2. The Hall–Kier alpha value is -1.36. The molecule has 0 spiro atoms. The van der Waals surface area contributed by atoms with E-state index in [1.165, 1.54) is 0 Å². The fraction of sp³-hybridized carbons (Fsp3) is 0.273. The van der Waals surface area contributed by atoms with Gasteiger partial charge in [0.25, 0.3) is 0 Å². The van der Waals surface area contributed by atoms with Crippen LogP contribution in [-0.2, 0) is 9.59 Å². The molecule has 1 N–H and O–H groups in total. The van der Waals surface area contributed by atoms with Gasteiger partial charge in [-0.3, -0.25) is 14.9 Å². The molecule has 0 radical (unpaired) electrons. The van der Waals surface area contributed by atoms with Crippen LogP contribution in [0.4, 0.5) is 0 Å². The molecule has 1 heterocycles. The maximum absolute atomic E-state index is 11.6. The van der Waals surface area contributed by atoms with Crippen LogP contribution < -0.4 is 10.1 Å². The average Bonchev–Trinajstić information content (AvgIpc) is 2.57. The van der Waals surface area contributed by atoms with Gasteiger partial charge in [-0.25, -0.2) is 0 Å². The van der Waals surface area contributed by atoms with Crippen LogP contribution in [0.2, 0.25) is 0 Å². The summed E-state index contributed by atoms with van der Waals surface area (Å²) in [6.45, 7) is 0. The zero-order chi connectivity index (χ0) is 11.7. The smallest absolute Gasteiger partial charge is 0.234 e. The minimum atomic E-state index is -0.444. The molecular weight excluding hydrogens is 274 g/mol. The van der Waals surface area contributed by atoms with Crippen molar-refractivity contribution < 1.29 is 14.3 Å². The van der Waals surface area contributed by atoms with Crippen molar-refractivity contribution in [2.45, 2.75) is 12.3 Å². The van der Waals surface area contributed by atoms with E-state index in [0.29, 0.717) is 5.75 Å². The van der Waals surface area contributed by atoms with Gasteiger partial charge in [0.15, 0.2) is 0 Å². The van der Waals surface area contributed by atoms with Crippen LogP contribution in [0.1, 0.15) is 17.9 Å². The first kappa shape index (κ1) is 11.1. The first-order valence-electron chi connectivity index (χ1n) is 4.79. The van der Waals surface area contributed by atoms with E-state index in [0.717, 1.165) is 10.0 Å². The van der Waals surface area contributed by atoms with Crippen LogP contribution in [0.5, 0.6) is 5.75 Å². The van der Waals surface area contributed by atoms with Crippen LogP contribution in [0.15, 0.2) is 22.7 Å². The molecule has 84 valence electrons. The van der Waals surface area contributed by atoms with Crippen molar-refractivity contribution in [1.29, 1.82) is 0 Å². The van der Waals surface area contributed by atoms with Crippen molar-refractivity contribution in [2.75, 3.05) is 7.11 Å². The molecule has 1 aliphatic heterocycles. The summed E-state index contributed by atoms with van der Waals surface area (Å²) >= 11 is 3.34. The first-order chi connectivity index (χ1) is 7.61. The highest BCUT2D eigenvalue weighted by Gasteiger charge is 2.33. The molecule has 1 fully saturated rings. The van der Waals surface area contributed by atoms with Crippen molar-refractivity contribution in [1.82, 2.24) is 5.32 Å². The number of benzene rings is 1. The molecular formula is C11H10BrNO3. The van der Waals surface area contributed by atoms with Crippen LogP contribution in [0.25, 0.3) is 0 Å². The zero-order valence-corrected chi connectivity index (χ0v) is 10.2. The average molecular weight is 284 g/mol. The molecule has 1 aliphatic rings. The van der Waals surface area contributed by atoms with Gasteiger partial charge in [-0.05, 0) is 18.2 Å². The lowest BCUT2D eigenvalue weighted by Crippen LogP contribution is -2.21. The minimum Gasteiger partial charge on any atom is -0.496 e. The molecule has 0 bridgehead atoms. The number of amides is 2. The Morgan fingerprint density at radius 3 is 2.75 bits per heavy atom. The second kappa shape index (κ2) is 4.25. The third kappa shape index (κ3) is 1.95. The molecule has 0 aromatic heterocycles. The lowest BCUT2D eigenvalue weighted by molar-refractivity contribution is -0.125. The molecule has 2 rings (SSSR count). The van der Waals surface area contributed by atoms with Gasteiger partial charge < -0.3 is 4.74 Å². The van der Waals surface area contributed by atoms with E-state index in [2.05, 4.69) is 21.2 Å². The van der Waals surface area contributed by atoms with E-state index in [1.807, 2.05) is 12.1 Å². The third-order valence-corrected chi connectivity index (χ3v) is 3.03. The Balaban J connectivity index is 2.42. The molecule has 1 unspecified atom stereocenters. The molecule has 1 saturated heterocycles. The number of halogens is 1. The predicted molar refractivity (Wildman–Crippen MR) is 61.2 cm³/mol. The maximum Gasteiger partial charge on any atom is 0.234 e. The van der Waals surface area contributed by atoms with Crippen molar-refractivity contribution in [2.24, 2.45) is 0 Å². The van der Waals surface area contributed by atoms with E-state index in [-0.39, 0.29) is 18.2 Å². The number of methoxy groups -OCH3 is 1. The van der Waals surface area contributed by atoms with Crippen molar-refractivity contribution in [3.05, 3.63) is 28.2 Å². The summed E-state index contributed by atoms with van der Waals surface area (Å²) in [6, 6.07) is 5.41. The lowest BCUT2D eigenvalue weighted by atomic mass is 9.97. The number of hydrogen-bond acceptors (Lipinski definition) is 3. The zero-order valence-electron chi connectivity index (χ0n) is 8.62. The Bertz CT molecular complexity index is 459. The van der Waals surface area contributed by atoms with Gasteiger partial charge in [-0.1, -0.05) is 15.9 Å². The number of imide groups is 1. The summed E-state index contributed by atoms with van der Waals surface area (Å²) in [4.78, 5) is 22.7. The predicted octanol–water partition coefficient (Wildman–Crippen LogP) is 1.59. The standard InChI is InChI=1S/C11H10BrNO3/c1-16-9-3-2-6(12)4-7(9)8-5-10(14)13-11(8)15/h2-4,8H,5H2,1H3,(H,13,14,15). The molecule has 1 aromatic carbocycles. The Morgan fingerprint density at radius 2 is 2.19 bits per heavy atom. The van der Waals surface area contributed by atoms with E-state index >= 15 is 0 Å². The lowest BCUT2D eigenvalue weighted by Gasteiger charge is -2.12. The van der Waals surface area contributed by atoms with E-state index in [9.17, 15) is 9.59 Å². The summed E-state index contributed by atoms with van der Waals surface area (Å²) in [5.74, 6) is -0.323. The van der Waals surface area contributed by atoms with Gasteiger partial charge in [-0.2, -0.15) is 0 Å². The van der Waals surface area contributed by atoms with Crippen molar-refractivity contribution >= 4 is 27.7 Å². The number of nitrogens with one attached hydrogen (secondary N) is 1. The summed E-state index contributed by atoms with van der Waals surface area (Å²) in [5.41, 5.74) is 0.736. The minimum absolute atomic E-state index is 0.186. The van der Waals surface area contributed by atoms with Gasteiger partial charge in [0.1, 0.15) is 5.75 Å². The third-order valence-electron chi connectivity index (χ3n) is 2.54. The van der Waals surface area contributed by atoms with Crippen LogP contribution in [0, 0.1) is 0 Å². The van der Waals surface area contributed by atoms with Crippen molar-refractivity contribution in [3.63, 3.8) is 0 Å². The van der Waals surface area contributed by atoms with Crippen molar-refractivity contribution in [3.8, 4) is 5.75 Å². The molecule has 5 heteroatoms. The van der Waals surface area contributed by atoms with Crippen LogP contribution in [0.3, 0.4) is 0 Å². The summed E-state index contributed by atoms with van der Waals surface area (Å²) in [7, 11) is 1.54. The van der Waals surface area contributed by atoms with Crippen LogP contribution >= 0.6 is 15.9 Å². The highest BCUT2D eigenvalue weighted by atomic mass is 79.9. The Morgan fingerprint density at radius 1 is 1.44 bits per heavy atom. The maximum atomic E-state index is 11.6. The van der Waals surface area contributed by atoms with Gasteiger partial charge in [0, 0.05) is 16.5 Å². The summed E-state index contributed by atoms with van der Waals surface area (Å²) in [6.07, 6.45) is 0.186. The Labute approximate surface area is 101 Å². The summed E-state index contributed by atoms with van der Waals surface area (Å²) < 4.78 is 6.04. The molecule has 0 aliphatic carbocycles. The van der Waals surface area contributed by atoms with Gasteiger partial charge in [-0.15, -0.1) is 0 Å². The fourth-order valence-corrected chi connectivity index (χ4v) is 2.16. The molecule has 1 atom stereocenters. The van der Waals surface area contributed by atoms with E-state index in [4.69, 9.17) is 4.74 Å². The van der Waals surface area contributed by atoms with Crippen LogP contribution in [-0.4, -0.2) is 18.9 Å². The van der Waals surface area contributed by atoms with E-state index in [1.54, 1.807) is 13.2 Å². The number of rotatable bonds is 2. The molecule has 0 saturated carbocycles. The Kier molecular flexibility index (Phi) is 2.96. The normalized spacial score (nSPS) is 19.8. The van der Waals surface area contributed by atoms with Gasteiger partial charge in [0.05, 0.1) is 13.0 Å². The SMILES string of the molecule is COc1ccc(Br)cc1C1CC(=O)NC1=O. The van der Waals surface area contributed by atoms with E-state index < -0.39 is 5.92 Å². The fourth-order valence-electron chi connectivity index (χ4n) is 1.78. The number of hydrogen-bond donors (Lipinski definition) is 1. The second-order valence-corrected chi connectivity index (χ2v) is 4.47. The molecule has 1 aromatic rings. The quantitative estimate of drug-likeness (QED) is 0.839.